The van der Waals surface area contributed by atoms with Crippen LogP contribution in [0, 0.1) is 0 Å². The zero-order valence-corrected chi connectivity index (χ0v) is 7.14. The molecule has 1 unspecified atom stereocenters. The standard InChI is InChI=1S/C4H8BN3O2S/c1-2-10-4-3(6-5)7-11(9)8-4/h2,5H2,1H3,(H,6,7). The molecule has 7 heteroatoms. The molecule has 11 heavy (non-hydrogen) atoms. The fourth-order valence-corrected chi connectivity index (χ4v) is 1.28. The van der Waals surface area contributed by atoms with E-state index in [1.165, 1.54) is 0 Å². The molecule has 5 nitrogen and oxygen atoms in total. The molecule has 0 aliphatic carbocycles. The molecule has 0 bridgehead atoms. The molecule has 0 fully saturated rings. The van der Waals surface area contributed by atoms with Crippen molar-refractivity contribution in [3.05, 3.63) is 0 Å². The van der Waals surface area contributed by atoms with Gasteiger partial charge in [0.25, 0.3) is 0 Å². The molecule has 0 aliphatic rings. The molecule has 60 valence electrons. The highest BCUT2D eigenvalue weighted by molar-refractivity contribution is 7.14. The first-order valence-corrected chi connectivity index (χ1v) is 4.24. The first kappa shape index (κ1) is 8.28. The molecule has 0 radical (unpaired) electrons. The van der Waals surface area contributed by atoms with Crippen molar-refractivity contribution in [2.24, 2.45) is 0 Å². The predicted octanol–water partition coefficient (Wildman–Crippen LogP) is -0.437. The average Bonchev–Trinajstić information content (AvgIpc) is 2.32. The molecule has 0 saturated heterocycles. The lowest BCUT2D eigenvalue weighted by atomic mass is 10.4. The minimum Gasteiger partial charge on any atom is -0.546 e. The maximum atomic E-state index is 10.7. The van der Waals surface area contributed by atoms with Crippen LogP contribution in [0.15, 0.2) is 0 Å². The number of rotatable bonds is 3. The Morgan fingerprint density at radius 1 is 1.73 bits per heavy atom. The van der Waals surface area contributed by atoms with E-state index in [2.05, 4.69) is 14.0 Å². The van der Waals surface area contributed by atoms with E-state index in [0.717, 1.165) is 0 Å². The van der Waals surface area contributed by atoms with Crippen LogP contribution in [0.5, 0.6) is 5.88 Å². The number of ether oxygens (including phenoxy) is 1. The molecule has 1 rings (SSSR count). The van der Waals surface area contributed by atoms with Gasteiger partial charge in [-0.3, -0.25) is 0 Å². The van der Waals surface area contributed by atoms with Crippen LogP contribution in [-0.4, -0.2) is 27.9 Å². The Morgan fingerprint density at radius 2 is 2.45 bits per heavy atom. The number of nitrogens with one attached hydrogen (secondary N) is 1. The normalized spacial score (nSPS) is 11.3. The van der Waals surface area contributed by atoms with Crippen LogP contribution in [0.25, 0.3) is 0 Å². The van der Waals surface area contributed by atoms with Gasteiger partial charge in [0.1, 0.15) is 0 Å². The van der Waals surface area contributed by atoms with Crippen LogP contribution in [0.4, 0.5) is 5.82 Å². The molecule has 0 aliphatic heterocycles. The van der Waals surface area contributed by atoms with E-state index in [4.69, 9.17) is 4.74 Å². The quantitative estimate of drug-likeness (QED) is 0.495. The number of nitrogens with zero attached hydrogens (tertiary/aromatic N) is 2. The van der Waals surface area contributed by atoms with Gasteiger partial charge >= 0.3 is 5.88 Å². The minimum absolute atomic E-state index is 0.327. The molecular formula is C4H8BN3O2S. The van der Waals surface area contributed by atoms with E-state index < -0.39 is 11.1 Å². The van der Waals surface area contributed by atoms with Gasteiger partial charge in [0, 0.05) is 8.75 Å². The smallest absolute Gasteiger partial charge is 0.316 e. The fraction of sp³-hybridized carbons (Fsp3) is 0.500. The minimum atomic E-state index is -1.50. The van der Waals surface area contributed by atoms with E-state index >= 15 is 0 Å². The summed E-state index contributed by atoms with van der Waals surface area (Å²) < 4.78 is 23.0. The lowest BCUT2D eigenvalue weighted by Crippen LogP contribution is -1.97. The molecule has 0 saturated carbocycles. The van der Waals surface area contributed by atoms with Crippen LogP contribution in [0.3, 0.4) is 0 Å². The van der Waals surface area contributed by atoms with Gasteiger partial charge in [-0.05, 0) is 6.92 Å². The Hall–Kier alpha value is -0.815. The Balaban J connectivity index is 2.83. The van der Waals surface area contributed by atoms with Gasteiger partial charge in [0.05, 0.1) is 6.61 Å². The monoisotopic (exact) mass is 173 g/mol. The Labute approximate surface area is 68.3 Å². The summed E-state index contributed by atoms with van der Waals surface area (Å²) >= 11 is -1.50. The van der Waals surface area contributed by atoms with Crippen molar-refractivity contribution in [1.82, 2.24) is 8.75 Å². The van der Waals surface area contributed by atoms with Crippen molar-refractivity contribution in [2.75, 3.05) is 11.8 Å². The SMILES string of the molecule is BNc1n[s+]([O-])nc1OCC. The van der Waals surface area contributed by atoms with Gasteiger partial charge in [-0.1, -0.05) is 0 Å². The van der Waals surface area contributed by atoms with Crippen molar-refractivity contribution in [3.63, 3.8) is 0 Å². The van der Waals surface area contributed by atoms with Gasteiger partial charge in [-0.25, -0.2) is 0 Å². The number of hydrogen-bond donors (Lipinski definition) is 1. The Kier molecular flexibility index (Phi) is 2.67. The summed E-state index contributed by atoms with van der Waals surface area (Å²) in [5.41, 5.74) is 0. The molecule has 1 N–H and O–H groups in total. The highest BCUT2D eigenvalue weighted by Crippen LogP contribution is 2.23. The topological polar surface area (TPSA) is 70.1 Å². The van der Waals surface area contributed by atoms with Crippen LogP contribution >= 0.6 is 11.1 Å². The summed E-state index contributed by atoms with van der Waals surface area (Å²) in [6.07, 6.45) is 0. The first-order chi connectivity index (χ1) is 5.27. The summed E-state index contributed by atoms with van der Waals surface area (Å²) in [5.74, 6) is 0.776. The maximum absolute atomic E-state index is 10.7. The Bertz CT molecular complexity index is 241. The molecular weight excluding hydrogens is 165 g/mol. The van der Waals surface area contributed by atoms with Crippen LogP contribution in [0.1, 0.15) is 6.92 Å². The van der Waals surface area contributed by atoms with Crippen molar-refractivity contribution in [3.8, 4) is 5.88 Å². The molecule has 1 aromatic heterocycles. The third kappa shape index (κ3) is 1.81. The fourth-order valence-electron chi connectivity index (χ4n) is 0.636. The zero-order chi connectivity index (χ0) is 8.27. The van der Waals surface area contributed by atoms with Crippen LogP contribution in [0.2, 0.25) is 0 Å². The van der Waals surface area contributed by atoms with E-state index in [1.807, 2.05) is 6.92 Å². The first-order valence-electron chi connectivity index (χ1n) is 3.18. The van der Waals surface area contributed by atoms with Crippen LogP contribution in [-0.2, 0) is 0 Å². The van der Waals surface area contributed by atoms with Gasteiger partial charge in [-0.15, -0.1) is 0 Å². The average molecular weight is 173 g/mol. The molecule has 0 amide bonds. The maximum Gasteiger partial charge on any atom is 0.316 e. The molecule has 1 aromatic rings. The second kappa shape index (κ2) is 3.54. The molecule has 1 heterocycles. The summed E-state index contributed by atoms with van der Waals surface area (Å²) in [5, 5.41) is 2.73. The molecule has 1 atom stereocenters. The summed E-state index contributed by atoms with van der Waals surface area (Å²) in [4.78, 5) is 0. The summed E-state index contributed by atoms with van der Waals surface area (Å²) in [6.45, 7) is 2.33. The van der Waals surface area contributed by atoms with Gasteiger partial charge in [0.2, 0.25) is 13.8 Å². The Morgan fingerprint density at radius 3 is 3.00 bits per heavy atom. The van der Waals surface area contributed by atoms with E-state index in [9.17, 15) is 4.55 Å². The number of hydrogen-bond acceptors (Lipinski definition) is 5. The third-order valence-corrected chi connectivity index (χ3v) is 1.71. The predicted molar refractivity (Wildman–Crippen MR) is 44.0 cm³/mol. The van der Waals surface area contributed by atoms with Crippen LogP contribution < -0.4 is 9.96 Å². The van der Waals surface area contributed by atoms with Crippen molar-refractivity contribution >= 4 is 24.9 Å². The van der Waals surface area contributed by atoms with Crippen molar-refractivity contribution in [2.45, 2.75) is 6.92 Å². The van der Waals surface area contributed by atoms with Crippen molar-refractivity contribution < 1.29 is 9.29 Å². The number of aromatic nitrogens is 2. The highest BCUT2D eigenvalue weighted by atomic mass is 32.2. The lowest BCUT2D eigenvalue weighted by Gasteiger charge is -1.95. The van der Waals surface area contributed by atoms with E-state index in [0.29, 0.717) is 18.3 Å². The van der Waals surface area contributed by atoms with Gasteiger partial charge < -0.3 is 14.5 Å². The number of anilines is 1. The molecule has 0 aromatic carbocycles. The van der Waals surface area contributed by atoms with E-state index in [-0.39, 0.29) is 0 Å². The zero-order valence-electron chi connectivity index (χ0n) is 6.33. The van der Waals surface area contributed by atoms with Gasteiger partial charge in [-0.2, -0.15) is 0 Å². The van der Waals surface area contributed by atoms with Crippen molar-refractivity contribution in [1.29, 1.82) is 0 Å². The summed E-state index contributed by atoms with van der Waals surface area (Å²) in [7, 11) is 1.68. The van der Waals surface area contributed by atoms with Gasteiger partial charge in [0.15, 0.2) is 11.1 Å². The van der Waals surface area contributed by atoms with E-state index in [1.54, 1.807) is 7.98 Å². The second-order valence-electron chi connectivity index (χ2n) is 1.75. The second-order valence-corrected chi connectivity index (χ2v) is 2.58. The lowest BCUT2D eigenvalue weighted by molar-refractivity contribution is 0.331. The largest absolute Gasteiger partial charge is 0.546 e. The molecule has 0 spiro atoms. The highest BCUT2D eigenvalue weighted by Gasteiger charge is 2.13. The third-order valence-electron chi connectivity index (χ3n) is 1.05. The summed E-state index contributed by atoms with van der Waals surface area (Å²) in [6, 6.07) is 0.